The molecule has 2 nitrogen and oxygen atoms in total. The molecule has 0 aliphatic heterocycles. The van der Waals surface area contributed by atoms with Gasteiger partial charge in [0, 0.05) is 69.3 Å². The summed E-state index contributed by atoms with van der Waals surface area (Å²) in [6.07, 6.45) is 38.7. The lowest BCUT2D eigenvalue weighted by molar-refractivity contribution is 0.307. The molecule has 9 aromatic rings. The number of hydrogen-bond acceptors (Lipinski definition) is 12. The van der Waals surface area contributed by atoms with Gasteiger partial charge in [-0.25, -0.2) is 0 Å². The maximum Gasteiger partial charge on any atom is 0.146 e. The summed E-state index contributed by atoms with van der Waals surface area (Å²) in [4.78, 5) is 17.1. The minimum atomic E-state index is 0.728. The van der Waals surface area contributed by atoms with Crippen LogP contribution in [-0.2, 0) is 25.7 Å². The normalized spacial score (nSPS) is 11.9. The first-order valence-electron chi connectivity index (χ1n) is 32.4. The molecular formula is C72H94O2S10. The summed E-state index contributed by atoms with van der Waals surface area (Å²) in [6, 6.07) is 24.8. The highest BCUT2D eigenvalue weighted by Gasteiger charge is 2.27. The third-order valence-corrected chi connectivity index (χ3v) is 28.7. The van der Waals surface area contributed by atoms with Gasteiger partial charge in [0.05, 0.1) is 31.0 Å². The molecule has 8 aromatic heterocycles. The molecule has 0 N–H and O–H groups in total. The van der Waals surface area contributed by atoms with Crippen LogP contribution in [0.1, 0.15) is 218 Å². The molecule has 0 radical (unpaired) electrons. The number of aryl methyl sites for hydroxylation is 4. The van der Waals surface area contributed by atoms with Crippen molar-refractivity contribution < 1.29 is 9.47 Å². The number of hydrogen-bond donors (Lipinski definition) is 0. The molecule has 84 heavy (non-hydrogen) atoms. The van der Waals surface area contributed by atoms with Crippen LogP contribution in [0, 0.1) is 0 Å². The lowest BCUT2D eigenvalue weighted by atomic mass is 10.0. The van der Waals surface area contributed by atoms with Crippen molar-refractivity contribution in [2.45, 2.75) is 230 Å². The third kappa shape index (κ3) is 17.1. The van der Waals surface area contributed by atoms with Gasteiger partial charge in [0.1, 0.15) is 11.5 Å². The summed E-state index contributed by atoms with van der Waals surface area (Å²) >= 11 is 19.7. The van der Waals surface area contributed by atoms with Crippen molar-refractivity contribution in [1.82, 2.24) is 0 Å². The molecule has 0 aliphatic carbocycles. The van der Waals surface area contributed by atoms with Crippen LogP contribution >= 0.6 is 114 Å². The van der Waals surface area contributed by atoms with Crippen molar-refractivity contribution in [3.8, 4) is 70.0 Å². The van der Waals surface area contributed by atoms with Crippen LogP contribution in [0.25, 0.3) is 78.7 Å². The van der Waals surface area contributed by atoms with E-state index in [1.807, 2.05) is 114 Å². The van der Waals surface area contributed by atoms with E-state index in [1.165, 1.54) is 251 Å². The molecular weight excluding hydrogens is 1220 g/mol. The molecule has 12 heteroatoms. The highest BCUT2D eigenvalue weighted by molar-refractivity contribution is 8.00. The number of thioether (sulfide) groups is 2. The van der Waals surface area contributed by atoms with Crippen LogP contribution in [0.2, 0.25) is 0 Å². The molecule has 0 fully saturated rings. The zero-order valence-corrected chi connectivity index (χ0v) is 60.1. The fraction of sp³-hybridized carbons (Fsp3) is 0.528. The van der Waals surface area contributed by atoms with Gasteiger partial charge in [-0.15, -0.1) is 114 Å². The van der Waals surface area contributed by atoms with Gasteiger partial charge in [-0.2, -0.15) is 0 Å². The highest BCUT2D eigenvalue weighted by atomic mass is 32.2. The van der Waals surface area contributed by atoms with Gasteiger partial charge >= 0.3 is 0 Å². The van der Waals surface area contributed by atoms with E-state index in [1.54, 1.807) is 0 Å². The molecule has 0 aliphatic rings. The van der Waals surface area contributed by atoms with Crippen molar-refractivity contribution in [2.75, 3.05) is 25.7 Å². The van der Waals surface area contributed by atoms with E-state index in [4.69, 9.17) is 9.47 Å². The summed E-state index contributed by atoms with van der Waals surface area (Å²) in [5, 5.41) is 2.47. The number of rotatable bonds is 40. The molecule has 0 spiro atoms. The molecule has 0 saturated carbocycles. The Bertz CT molecular complexity index is 3120. The predicted molar refractivity (Wildman–Crippen MR) is 391 cm³/mol. The summed E-state index contributed by atoms with van der Waals surface area (Å²) in [5.74, 6) is 2.15. The number of benzene rings is 1. The Morgan fingerprint density at radius 2 is 0.595 bits per heavy atom. The van der Waals surface area contributed by atoms with Crippen molar-refractivity contribution in [2.24, 2.45) is 0 Å². The first-order chi connectivity index (χ1) is 41.3. The summed E-state index contributed by atoms with van der Waals surface area (Å²) in [5.41, 5.74) is 6.08. The summed E-state index contributed by atoms with van der Waals surface area (Å²) in [7, 11) is 0. The smallest absolute Gasteiger partial charge is 0.146 e. The van der Waals surface area contributed by atoms with E-state index in [0.29, 0.717) is 0 Å². The minimum absolute atomic E-state index is 0.728. The van der Waals surface area contributed by atoms with Gasteiger partial charge in [0.2, 0.25) is 0 Å². The van der Waals surface area contributed by atoms with E-state index >= 15 is 0 Å². The number of thiophene rings is 8. The Morgan fingerprint density at radius 3 is 0.881 bits per heavy atom. The van der Waals surface area contributed by atoms with E-state index in [9.17, 15) is 0 Å². The molecule has 0 bridgehead atoms. The quantitative estimate of drug-likeness (QED) is 0.0281. The second kappa shape index (κ2) is 34.6. The lowest BCUT2D eigenvalue weighted by Gasteiger charge is -2.13. The molecule has 0 atom stereocenters. The monoisotopic (exact) mass is 1310 g/mol. The lowest BCUT2D eigenvalue weighted by Crippen LogP contribution is -2.00. The van der Waals surface area contributed by atoms with Crippen LogP contribution in [0.15, 0.2) is 69.1 Å². The molecule has 1 aromatic carbocycles. The van der Waals surface area contributed by atoms with Crippen LogP contribution in [0.5, 0.6) is 11.5 Å². The zero-order valence-electron chi connectivity index (χ0n) is 51.9. The molecule has 0 saturated heterocycles. The van der Waals surface area contributed by atoms with Crippen LogP contribution in [0.4, 0.5) is 0 Å². The number of ether oxygens (including phenoxy) is 2. The van der Waals surface area contributed by atoms with Crippen molar-refractivity contribution in [3.05, 3.63) is 82.9 Å². The minimum Gasteiger partial charge on any atom is -0.491 e. The summed E-state index contributed by atoms with van der Waals surface area (Å²) < 4.78 is 19.9. The Labute approximate surface area is 547 Å². The van der Waals surface area contributed by atoms with Crippen LogP contribution in [0.3, 0.4) is 0 Å². The average Bonchev–Trinajstić information content (AvgIpc) is 2.80. The maximum atomic E-state index is 7.28. The van der Waals surface area contributed by atoms with Gasteiger partial charge in [0.25, 0.3) is 0 Å². The first-order valence-corrected chi connectivity index (χ1v) is 41.4. The topological polar surface area (TPSA) is 18.5 Å². The van der Waals surface area contributed by atoms with Gasteiger partial charge < -0.3 is 9.47 Å². The first kappa shape index (κ1) is 66.1. The average molecular weight is 1310 g/mol. The Balaban J connectivity index is 1.18. The maximum absolute atomic E-state index is 7.28. The van der Waals surface area contributed by atoms with Crippen molar-refractivity contribution >= 4 is 134 Å². The van der Waals surface area contributed by atoms with Gasteiger partial charge in [-0.3, -0.25) is 0 Å². The number of fused-ring (bicyclic) bond motifs is 2. The van der Waals surface area contributed by atoms with Gasteiger partial charge in [-0.05, 0) is 160 Å². The van der Waals surface area contributed by atoms with Crippen molar-refractivity contribution in [1.29, 1.82) is 0 Å². The Morgan fingerprint density at radius 1 is 0.298 bits per heavy atom. The van der Waals surface area contributed by atoms with Gasteiger partial charge in [0.15, 0.2) is 0 Å². The molecule has 8 heterocycles. The summed E-state index contributed by atoms with van der Waals surface area (Å²) in [6.45, 7) is 15.4. The predicted octanol–water partition coefficient (Wildman–Crippen LogP) is 28.3. The van der Waals surface area contributed by atoms with Crippen molar-refractivity contribution in [3.63, 3.8) is 0 Å². The van der Waals surface area contributed by atoms with Crippen LogP contribution in [-0.4, -0.2) is 25.7 Å². The Hall–Kier alpha value is -2.36. The van der Waals surface area contributed by atoms with Crippen LogP contribution < -0.4 is 9.47 Å². The van der Waals surface area contributed by atoms with E-state index < -0.39 is 0 Å². The van der Waals surface area contributed by atoms with E-state index in [0.717, 1.165) is 63.2 Å². The highest BCUT2D eigenvalue weighted by Crippen LogP contribution is 2.57. The fourth-order valence-corrected chi connectivity index (χ4v) is 22.4. The largest absolute Gasteiger partial charge is 0.491 e. The second-order valence-corrected chi connectivity index (χ2v) is 33.6. The SMILES string of the molecule is CCCCCCOc1c2cc(-c3sc(-c4cc(CCCCCC)c(-c5ccc(SC)s5)s4)cc3CCCCCC)sc2c(OCCCCCC)c2cc(-c3sc(-c4cc(CCCCCC)c(-c5ccc(SC)s5)s4)cc3CCCCCC)sc12. The van der Waals surface area contributed by atoms with E-state index in [-0.39, 0.29) is 0 Å². The Kier molecular flexibility index (Phi) is 27.2. The number of unbranched alkanes of at least 4 members (excludes halogenated alkanes) is 18. The molecule has 454 valence electrons. The van der Waals surface area contributed by atoms with E-state index in [2.05, 4.69) is 115 Å². The standard InChI is InChI=1S/C72H94O2S10/c1-9-15-21-27-33-49-43-57(79-67(49)55-37-39-63(75-7)77-55)59-45-51(35-29-23-17-11-3)69(81-59)61-47-53-65(73-41-31-25-19-13-5)72-54(66(71(53)83-61)74-42-32-26-20-14-6)48-62(84-72)70-52(36-30-24-18-12-4)46-60(82-70)58-44-50(34-28-22-16-10-2)68(80-58)56-38-40-64(76-8)78-56/h37-40,43-48H,9-36,41-42H2,1-8H3. The van der Waals surface area contributed by atoms with Gasteiger partial charge in [-0.1, -0.05) is 157 Å². The zero-order chi connectivity index (χ0) is 58.6. The second-order valence-electron chi connectivity index (χ2n) is 22.9. The molecule has 9 rings (SSSR count). The fourth-order valence-electron chi connectivity index (χ4n) is 11.5. The molecule has 0 amide bonds. The third-order valence-electron chi connectivity index (χ3n) is 16.2. The molecule has 0 unspecified atom stereocenters.